The minimum atomic E-state index is -1.20. The van der Waals surface area contributed by atoms with Crippen molar-refractivity contribution < 1.29 is 39.4 Å². The van der Waals surface area contributed by atoms with Gasteiger partial charge in [0.2, 0.25) is 0 Å². The number of rotatable bonds is 3. The average molecular weight is 308 g/mol. The van der Waals surface area contributed by atoms with Gasteiger partial charge in [-0.05, 0) is 13.8 Å². The Kier molecular flexibility index (Phi) is 5.55. The van der Waals surface area contributed by atoms with Crippen LogP contribution >= 0.6 is 0 Å². The van der Waals surface area contributed by atoms with Gasteiger partial charge in [0.25, 0.3) is 0 Å². The van der Waals surface area contributed by atoms with Crippen molar-refractivity contribution in [3.05, 3.63) is 0 Å². The summed E-state index contributed by atoms with van der Waals surface area (Å²) < 4.78 is 21.3. The predicted octanol–water partition coefficient (Wildman–Crippen LogP) is -1.66. The molecule has 8 nitrogen and oxygen atoms in total. The highest BCUT2D eigenvalue weighted by atomic mass is 16.7. The fourth-order valence-corrected chi connectivity index (χ4v) is 2.78. The van der Waals surface area contributed by atoms with Crippen molar-refractivity contribution in [3.63, 3.8) is 0 Å². The molecule has 2 saturated heterocycles. The number of methoxy groups -OCH3 is 1. The van der Waals surface area contributed by atoms with Gasteiger partial charge in [0, 0.05) is 13.5 Å². The second-order valence-electron chi connectivity index (χ2n) is 5.59. The Morgan fingerprint density at radius 3 is 2.14 bits per heavy atom. The zero-order chi connectivity index (χ0) is 15.7. The van der Waals surface area contributed by atoms with Gasteiger partial charge in [0.1, 0.15) is 24.4 Å². The molecule has 2 fully saturated rings. The second kappa shape index (κ2) is 6.84. The van der Waals surface area contributed by atoms with Crippen LogP contribution in [0.4, 0.5) is 0 Å². The first-order valence-electron chi connectivity index (χ1n) is 7.06. The summed E-state index contributed by atoms with van der Waals surface area (Å²) in [5, 5.41) is 39.5. The SMILES string of the molecule is COC1C(O)C(C)OC(OC2C(O)CC(O)OC2C)C1O. The van der Waals surface area contributed by atoms with E-state index in [4.69, 9.17) is 18.9 Å². The molecular formula is C13H24O8. The van der Waals surface area contributed by atoms with Crippen molar-refractivity contribution in [1.82, 2.24) is 0 Å². The Hall–Kier alpha value is -0.320. The fourth-order valence-electron chi connectivity index (χ4n) is 2.78. The number of hydrogen-bond acceptors (Lipinski definition) is 8. The highest BCUT2D eigenvalue weighted by molar-refractivity contribution is 4.90. The van der Waals surface area contributed by atoms with Crippen LogP contribution in [0.5, 0.6) is 0 Å². The van der Waals surface area contributed by atoms with Crippen LogP contribution in [0.1, 0.15) is 20.3 Å². The van der Waals surface area contributed by atoms with Gasteiger partial charge in [0.05, 0.1) is 18.3 Å². The van der Waals surface area contributed by atoms with Crippen molar-refractivity contribution in [1.29, 1.82) is 0 Å². The first-order chi connectivity index (χ1) is 9.85. The third-order valence-corrected chi connectivity index (χ3v) is 4.00. The summed E-state index contributed by atoms with van der Waals surface area (Å²) in [5.74, 6) is 0. The van der Waals surface area contributed by atoms with Gasteiger partial charge in [-0.25, -0.2) is 0 Å². The van der Waals surface area contributed by atoms with Crippen LogP contribution in [0.2, 0.25) is 0 Å². The van der Waals surface area contributed by atoms with Crippen LogP contribution in [-0.2, 0) is 18.9 Å². The Labute approximate surface area is 123 Å². The van der Waals surface area contributed by atoms with E-state index in [0.29, 0.717) is 0 Å². The normalized spacial score (nSPS) is 51.9. The monoisotopic (exact) mass is 308 g/mol. The number of hydrogen-bond donors (Lipinski definition) is 4. The standard InChI is InChI=1S/C13H24O8/c1-5-9(16)12(18-3)10(17)13(20-5)21-11-6(2)19-8(15)4-7(11)14/h5-17H,4H2,1-3H3. The average Bonchev–Trinajstić information content (AvgIpc) is 2.40. The van der Waals surface area contributed by atoms with Crippen LogP contribution in [-0.4, -0.2) is 82.8 Å². The van der Waals surface area contributed by atoms with Crippen molar-refractivity contribution in [2.45, 2.75) is 75.6 Å². The Morgan fingerprint density at radius 2 is 1.57 bits per heavy atom. The molecule has 2 rings (SSSR count). The van der Waals surface area contributed by atoms with E-state index in [1.165, 1.54) is 7.11 Å². The van der Waals surface area contributed by atoms with Gasteiger partial charge < -0.3 is 39.4 Å². The van der Waals surface area contributed by atoms with Crippen LogP contribution in [0, 0.1) is 0 Å². The van der Waals surface area contributed by atoms with Crippen molar-refractivity contribution in [3.8, 4) is 0 Å². The van der Waals surface area contributed by atoms with Gasteiger partial charge >= 0.3 is 0 Å². The van der Waals surface area contributed by atoms with Crippen LogP contribution in [0.15, 0.2) is 0 Å². The molecule has 0 saturated carbocycles. The summed E-state index contributed by atoms with van der Waals surface area (Å²) in [5.41, 5.74) is 0. The van der Waals surface area contributed by atoms with Gasteiger partial charge in [0.15, 0.2) is 12.6 Å². The molecular weight excluding hydrogens is 284 g/mol. The number of aliphatic hydroxyl groups excluding tert-OH is 4. The molecule has 0 aromatic heterocycles. The summed E-state index contributed by atoms with van der Waals surface area (Å²) in [4.78, 5) is 0. The molecule has 2 aliphatic rings. The van der Waals surface area contributed by atoms with Crippen molar-refractivity contribution in [2.24, 2.45) is 0 Å². The second-order valence-corrected chi connectivity index (χ2v) is 5.59. The Balaban J connectivity index is 2.04. The van der Waals surface area contributed by atoms with E-state index in [0.717, 1.165) is 0 Å². The van der Waals surface area contributed by atoms with E-state index in [1.54, 1.807) is 13.8 Å². The molecule has 0 aromatic rings. The zero-order valence-electron chi connectivity index (χ0n) is 12.3. The minimum absolute atomic E-state index is 0.0176. The topological polar surface area (TPSA) is 118 Å². The van der Waals surface area contributed by atoms with Crippen LogP contribution in [0.3, 0.4) is 0 Å². The third-order valence-electron chi connectivity index (χ3n) is 4.00. The summed E-state index contributed by atoms with van der Waals surface area (Å²) in [6.45, 7) is 3.29. The molecule has 0 spiro atoms. The summed E-state index contributed by atoms with van der Waals surface area (Å²) in [6.07, 6.45) is -7.97. The maximum Gasteiger partial charge on any atom is 0.187 e. The third kappa shape index (κ3) is 3.54. The molecule has 0 aromatic carbocycles. The van der Waals surface area contributed by atoms with Gasteiger partial charge in [-0.15, -0.1) is 0 Å². The fraction of sp³-hybridized carbons (Fsp3) is 1.00. The molecule has 9 unspecified atom stereocenters. The summed E-state index contributed by atoms with van der Waals surface area (Å²) in [7, 11) is 1.38. The molecule has 0 radical (unpaired) electrons. The lowest BCUT2D eigenvalue weighted by molar-refractivity contribution is -0.336. The lowest BCUT2D eigenvalue weighted by Crippen LogP contribution is -2.60. The molecule has 4 N–H and O–H groups in total. The first kappa shape index (κ1) is 17.0. The molecule has 0 bridgehead atoms. The molecule has 2 heterocycles. The first-order valence-corrected chi connectivity index (χ1v) is 7.06. The molecule has 21 heavy (non-hydrogen) atoms. The Bertz CT molecular complexity index is 328. The van der Waals surface area contributed by atoms with Crippen molar-refractivity contribution >= 4 is 0 Å². The summed E-state index contributed by atoms with van der Waals surface area (Å²) >= 11 is 0. The largest absolute Gasteiger partial charge is 0.390 e. The molecule has 0 aliphatic carbocycles. The van der Waals surface area contributed by atoms with E-state index >= 15 is 0 Å². The maximum absolute atomic E-state index is 10.2. The minimum Gasteiger partial charge on any atom is -0.390 e. The van der Waals surface area contributed by atoms with Crippen molar-refractivity contribution in [2.75, 3.05) is 7.11 Å². The van der Waals surface area contributed by atoms with E-state index in [2.05, 4.69) is 0 Å². The van der Waals surface area contributed by atoms with Gasteiger partial charge in [-0.1, -0.05) is 0 Å². The van der Waals surface area contributed by atoms with Crippen LogP contribution in [0.25, 0.3) is 0 Å². The molecule has 0 amide bonds. The zero-order valence-corrected chi connectivity index (χ0v) is 12.3. The molecule has 8 heteroatoms. The van der Waals surface area contributed by atoms with E-state index in [1.807, 2.05) is 0 Å². The van der Waals surface area contributed by atoms with Gasteiger partial charge in [-0.3, -0.25) is 0 Å². The highest BCUT2D eigenvalue weighted by Crippen LogP contribution is 2.28. The lowest BCUT2D eigenvalue weighted by Gasteiger charge is -2.44. The van der Waals surface area contributed by atoms with E-state index in [-0.39, 0.29) is 6.42 Å². The quantitative estimate of drug-likeness (QED) is 0.489. The van der Waals surface area contributed by atoms with Crippen LogP contribution < -0.4 is 0 Å². The predicted molar refractivity (Wildman–Crippen MR) is 69.2 cm³/mol. The maximum atomic E-state index is 10.2. The lowest BCUT2D eigenvalue weighted by atomic mass is 9.98. The molecule has 2 aliphatic heterocycles. The Morgan fingerprint density at radius 1 is 0.905 bits per heavy atom. The number of ether oxygens (including phenoxy) is 4. The number of aliphatic hydroxyl groups is 4. The smallest absolute Gasteiger partial charge is 0.187 e. The van der Waals surface area contributed by atoms with Gasteiger partial charge in [-0.2, -0.15) is 0 Å². The molecule has 124 valence electrons. The van der Waals surface area contributed by atoms with E-state index < -0.39 is 55.3 Å². The highest BCUT2D eigenvalue weighted by Gasteiger charge is 2.46. The molecule has 9 atom stereocenters. The summed E-state index contributed by atoms with van der Waals surface area (Å²) in [6, 6.07) is 0. The van der Waals surface area contributed by atoms with E-state index in [9.17, 15) is 20.4 Å².